The van der Waals surface area contributed by atoms with Crippen molar-refractivity contribution in [3.8, 4) is 16.9 Å². The molecular weight excluding hydrogens is 374 g/mol. The van der Waals surface area contributed by atoms with E-state index in [1.165, 1.54) is 0 Å². The van der Waals surface area contributed by atoms with Gasteiger partial charge in [-0.1, -0.05) is 78.3 Å². The van der Waals surface area contributed by atoms with Crippen molar-refractivity contribution in [2.75, 3.05) is 6.54 Å². The molecule has 28 heavy (non-hydrogen) atoms. The molecule has 142 valence electrons. The maximum atomic E-state index is 12.0. The van der Waals surface area contributed by atoms with E-state index in [0.717, 1.165) is 34.4 Å². The molecular formula is C23H20ClNO3. The van der Waals surface area contributed by atoms with E-state index in [2.05, 4.69) is 5.32 Å². The lowest BCUT2D eigenvalue weighted by molar-refractivity contribution is 0.133. The number of rotatable bonds is 5. The Bertz CT molecular complexity index is 975. The van der Waals surface area contributed by atoms with Crippen LogP contribution >= 0.6 is 11.6 Å². The van der Waals surface area contributed by atoms with Crippen molar-refractivity contribution in [2.45, 2.75) is 19.1 Å². The molecule has 0 saturated carbocycles. The first kappa shape index (κ1) is 18.4. The van der Waals surface area contributed by atoms with E-state index in [4.69, 9.17) is 21.1 Å². The molecule has 0 bridgehead atoms. The first-order valence-corrected chi connectivity index (χ1v) is 9.56. The number of fused-ring (bicyclic) bond motifs is 1. The van der Waals surface area contributed by atoms with Gasteiger partial charge in [0.15, 0.2) is 0 Å². The van der Waals surface area contributed by atoms with Crippen molar-refractivity contribution < 1.29 is 14.3 Å². The van der Waals surface area contributed by atoms with E-state index < -0.39 is 6.09 Å². The van der Waals surface area contributed by atoms with Crippen LogP contribution in [-0.2, 0) is 17.8 Å². The SMILES string of the molecule is O=C(NCC1Cc2cccc(-c3ccccc3Cl)c2O1)OCc1ccccc1. The van der Waals surface area contributed by atoms with Crippen molar-refractivity contribution in [1.82, 2.24) is 5.32 Å². The van der Waals surface area contributed by atoms with Gasteiger partial charge in [-0.3, -0.25) is 0 Å². The van der Waals surface area contributed by atoms with Gasteiger partial charge in [0, 0.05) is 22.6 Å². The highest BCUT2D eigenvalue weighted by molar-refractivity contribution is 6.33. The fourth-order valence-corrected chi connectivity index (χ4v) is 3.55. The number of alkyl carbamates (subject to hydrolysis) is 1. The second-order valence-corrected chi connectivity index (χ2v) is 7.07. The van der Waals surface area contributed by atoms with Gasteiger partial charge < -0.3 is 14.8 Å². The van der Waals surface area contributed by atoms with Crippen LogP contribution in [0.2, 0.25) is 5.02 Å². The average molecular weight is 394 g/mol. The number of hydrogen-bond acceptors (Lipinski definition) is 3. The summed E-state index contributed by atoms with van der Waals surface area (Å²) in [6.45, 7) is 0.624. The quantitative estimate of drug-likeness (QED) is 0.645. The topological polar surface area (TPSA) is 47.6 Å². The van der Waals surface area contributed by atoms with Gasteiger partial charge in [-0.15, -0.1) is 0 Å². The van der Waals surface area contributed by atoms with Crippen LogP contribution in [0.5, 0.6) is 5.75 Å². The Balaban J connectivity index is 1.36. The number of carbonyl (C=O) groups is 1. The molecule has 4 nitrogen and oxygen atoms in total. The minimum Gasteiger partial charge on any atom is -0.487 e. The molecule has 1 heterocycles. The number of nitrogens with one attached hydrogen (secondary N) is 1. The minimum atomic E-state index is -0.449. The lowest BCUT2D eigenvalue weighted by Crippen LogP contribution is -2.34. The van der Waals surface area contributed by atoms with Crippen LogP contribution in [0.15, 0.2) is 72.8 Å². The first-order chi connectivity index (χ1) is 13.7. The second kappa shape index (κ2) is 8.36. The van der Waals surface area contributed by atoms with E-state index in [-0.39, 0.29) is 12.7 Å². The third-order valence-corrected chi connectivity index (χ3v) is 5.01. The molecule has 1 atom stereocenters. The first-order valence-electron chi connectivity index (χ1n) is 9.18. The Hall–Kier alpha value is -2.98. The molecule has 0 saturated heterocycles. The Morgan fingerprint density at radius 3 is 2.57 bits per heavy atom. The summed E-state index contributed by atoms with van der Waals surface area (Å²) in [5.41, 5.74) is 3.97. The summed E-state index contributed by atoms with van der Waals surface area (Å²) < 4.78 is 11.4. The van der Waals surface area contributed by atoms with Crippen molar-refractivity contribution in [2.24, 2.45) is 0 Å². The second-order valence-electron chi connectivity index (χ2n) is 6.66. The van der Waals surface area contributed by atoms with Gasteiger partial charge >= 0.3 is 6.09 Å². The molecule has 3 aromatic rings. The van der Waals surface area contributed by atoms with E-state index in [1.54, 1.807) is 0 Å². The highest BCUT2D eigenvalue weighted by Crippen LogP contribution is 2.41. The van der Waals surface area contributed by atoms with Gasteiger partial charge in [0.2, 0.25) is 0 Å². The van der Waals surface area contributed by atoms with Crippen molar-refractivity contribution in [3.05, 3.63) is 88.9 Å². The van der Waals surface area contributed by atoms with Gasteiger partial charge in [0.1, 0.15) is 18.5 Å². The zero-order chi connectivity index (χ0) is 19.3. The Morgan fingerprint density at radius 1 is 1.00 bits per heavy atom. The Labute approximate surface area is 169 Å². The molecule has 4 rings (SSSR count). The number of para-hydroxylation sites is 1. The highest BCUT2D eigenvalue weighted by Gasteiger charge is 2.26. The highest BCUT2D eigenvalue weighted by atomic mass is 35.5. The molecule has 1 N–H and O–H groups in total. The van der Waals surface area contributed by atoms with E-state index >= 15 is 0 Å². The Morgan fingerprint density at radius 2 is 1.75 bits per heavy atom. The minimum absolute atomic E-state index is 0.136. The molecule has 0 fully saturated rings. The summed E-state index contributed by atoms with van der Waals surface area (Å²) in [5, 5.41) is 3.47. The number of halogens is 1. The molecule has 0 radical (unpaired) electrons. The summed E-state index contributed by atoms with van der Waals surface area (Å²) in [5.74, 6) is 0.833. The van der Waals surface area contributed by atoms with E-state index in [0.29, 0.717) is 11.6 Å². The van der Waals surface area contributed by atoms with Crippen LogP contribution in [0.4, 0.5) is 4.79 Å². The smallest absolute Gasteiger partial charge is 0.407 e. The van der Waals surface area contributed by atoms with Crippen LogP contribution in [0.3, 0.4) is 0 Å². The maximum Gasteiger partial charge on any atom is 0.407 e. The van der Waals surface area contributed by atoms with Crippen molar-refractivity contribution >= 4 is 17.7 Å². The summed E-state index contributed by atoms with van der Waals surface area (Å²) in [4.78, 5) is 12.0. The largest absolute Gasteiger partial charge is 0.487 e. The van der Waals surface area contributed by atoms with Crippen LogP contribution in [0.25, 0.3) is 11.1 Å². The van der Waals surface area contributed by atoms with Crippen LogP contribution in [0.1, 0.15) is 11.1 Å². The molecule has 1 amide bonds. The molecule has 5 heteroatoms. The number of amides is 1. The predicted octanol–water partition coefficient (Wildman–Crippen LogP) is 5.24. The zero-order valence-corrected chi connectivity index (χ0v) is 16.0. The summed E-state index contributed by atoms with van der Waals surface area (Å²) >= 11 is 6.36. The fourth-order valence-electron chi connectivity index (χ4n) is 3.32. The Kier molecular flexibility index (Phi) is 5.49. The molecule has 3 aromatic carbocycles. The summed E-state index contributed by atoms with van der Waals surface area (Å²) in [6.07, 6.45) is 0.143. The van der Waals surface area contributed by atoms with Gasteiger partial charge in [-0.05, 0) is 17.2 Å². The maximum absolute atomic E-state index is 12.0. The number of carbonyl (C=O) groups excluding carboxylic acids is 1. The summed E-state index contributed by atoms with van der Waals surface area (Å²) in [6, 6.07) is 23.4. The number of hydrogen-bond donors (Lipinski definition) is 1. The molecule has 1 aliphatic rings. The molecule has 1 aliphatic heterocycles. The molecule has 1 unspecified atom stereocenters. The predicted molar refractivity (Wildman–Crippen MR) is 110 cm³/mol. The lowest BCUT2D eigenvalue weighted by atomic mass is 10.0. The fraction of sp³-hybridized carbons (Fsp3) is 0.174. The van der Waals surface area contributed by atoms with E-state index in [9.17, 15) is 4.79 Å². The standard InChI is InChI=1S/C23H20ClNO3/c24-21-12-5-4-10-19(21)20-11-6-9-17-13-18(28-22(17)20)14-25-23(26)27-15-16-7-2-1-3-8-16/h1-12,18H,13-15H2,(H,25,26). The molecule has 0 aliphatic carbocycles. The van der Waals surface area contributed by atoms with Gasteiger partial charge in [-0.25, -0.2) is 4.79 Å². The molecule has 0 spiro atoms. The van der Waals surface area contributed by atoms with E-state index in [1.807, 2.05) is 72.8 Å². The zero-order valence-electron chi connectivity index (χ0n) is 15.2. The molecule has 0 aromatic heterocycles. The average Bonchev–Trinajstić information content (AvgIpc) is 3.15. The normalized spacial score (nSPS) is 14.8. The third kappa shape index (κ3) is 4.12. The third-order valence-electron chi connectivity index (χ3n) is 4.68. The lowest BCUT2D eigenvalue weighted by Gasteiger charge is -2.14. The van der Waals surface area contributed by atoms with Gasteiger partial charge in [0.05, 0.1) is 6.54 Å². The van der Waals surface area contributed by atoms with Gasteiger partial charge in [-0.2, -0.15) is 0 Å². The van der Waals surface area contributed by atoms with Crippen molar-refractivity contribution in [1.29, 1.82) is 0 Å². The van der Waals surface area contributed by atoms with Gasteiger partial charge in [0.25, 0.3) is 0 Å². The monoisotopic (exact) mass is 393 g/mol. The van der Waals surface area contributed by atoms with Crippen molar-refractivity contribution in [3.63, 3.8) is 0 Å². The summed E-state index contributed by atoms with van der Waals surface area (Å²) in [7, 11) is 0. The van der Waals surface area contributed by atoms with Crippen LogP contribution < -0.4 is 10.1 Å². The van der Waals surface area contributed by atoms with Crippen LogP contribution in [-0.4, -0.2) is 18.7 Å². The van der Waals surface area contributed by atoms with Crippen LogP contribution in [0, 0.1) is 0 Å². The number of benzene rings is 3. The number of ether oxygens (including phenoxy) is 2.